The summed E-state index contributed by atoms with van der Waals surface area (Å²) in [7, 11) is 0. The van der Waals surface area contributed by atoms with E-state index < -0.39 is 0 Å². The Kier molecular flexibility index (Phi) is 4.04. The number of nitrogens with zero attached hydrogens (tertiary/aromatic N) is 2. The minimum atomic E-state index is -0.266. The zero-order valence-electron chi connectivity index (χ0n) is 10.6. The average Bonchev–Trinajstić information content (AvgIpc) is 2.45. The number of hydrogen-bond donors (Lipinski definition) is 3. The Hall–Kier alpha value is -2.47. The third kappa shape index (κ3) is 3.49. The van der Waals surface area contributed by atoms with Gasteiger partial charge in [-0.05, 0) is 24.6 Å². The number of aromatic nitrogens is 2. The summed E-state index contributed by atoms with van der Waals surface area (Å²) in [4.78, 5) is 11.8. The number of carbonyl (C=O) groups excluding carboxylic acids is 1. The number of hydrogen-bond acceptors (Lipinski definition) is 5. The molecule has 0 bridgehead atoms. The smallest absolute Gasteiger partial charge is 0.272 e. The van der Waals surface area contributed by atoms with Crippen LogP contribution in [0.2, 0.25) is 0 Å². The highest BCUT2D eigenvalue weighted by Crippen LogP contribution is 2.04. The number of hydrazine groups is 1. The number of nitrogens with two attached hydrogens (primary N) is 1. The highest BCUT2D eigenvalue weighted by Gasteiger charge is 2.07. The Morgan fingerprint density at radius 3 is 2.74 bits per heavy atom. The Morgan fingerprint density at radius 1 is 1.26 bits per heavy atom. The van der Waals surface area contributed by atoms with Crippen molar-refractivity contribution in [2.45, 2.75) is 13.5 Å². The van der Waals surface area contributed by atoms with Gasteiger partial charge in [0.1, 0.15) is 0 Å². The van der Waals surface area contributed by atoms with Crippen molar-refractivity contribution in [3.63, 3.8) is 0 Å². The topological polar surface area (TPSA) is 92.9 Å². The minimum absolute atomic E-state index is 0.256. The summed E-state index contributed by atoms with van der Waals surface area (Å²) in [5.74, 6) is 5.32. The third-order valence-corrected chi connectivity index (χ3v) is 2.58. The molecule has 0 unspecified atom stereocenters. The number of nitrogens with one attached hydrogen (secondary N) is 2. The summed E-state index contributed by atoms with van der Waals surface area (Å²) in [5, 5.41) is 10.3. The Bertz CT molecular complexity index is 568. The van der Waals surface area contributed by atoms with E-state index >= 15 is 0 Å². The molecule has 0 aliphatic heterocycles. The van der Waals surface area contributed by atoms with Gasteiger partial charge in [-0.2, -0.15) is 0 Å². The summed E-state index contributed by atoms with van der Waals surface area (Å²) in [6.45, 7) is 2.47. The van der Waals surface area contributed by atoms with Crippen molar-refractivity contribution in [1.82, 2.24) is 15.5 Å². The molecule has 1 aromatic carbocycles. The number of amides is 1. The molecule has 2 aromatic rings. The van der Waals surface area contributed by atoms with Crippen LogP contribution in [0.25, 0.3) is 0 Å². The van der Waals surface area contributed by atoms with Gasteiger partial charge in [-0.1, -0.05) is 29.8 Å². The van der Waals surface area contributed by atoms with Gasteiger partial charge in [0.15, 0.2) is 11.5 Å². The van der Waals surface area contributed by atoms with Crippen LogP contribution >= 0.6 is 0 Å². The van der Waals surface area contributed by atoms with Crippen molar-refractivity contribution in [2.75, 3.05) is 5.43 Å². The lowest BCUT2D eigenvalue weighted by molar-refractivity contribution is 0.0945. The largest absolute Gasteiger partial charge is 0.347 e. The van der Waals surface area contributed by atoms with Crippen LogP contribution in [-0.2, 0) is 6.54 Å². The molecule has 0 aliphatic rings. The number of benzene rings is 1. The Morgan fingerprint density at radius 2 is 2.11 bits per heavy atom. The fourth-order valence-electron chi connectivity index (χ4n) is 1.63. The molecule has 1 heterocycles. The zero-order chi connectivity index (χ0) is 13.7. The first-order valence-electron chi connectivity index (χ1n) is 5.83. The molecule has 0 spiro atoms. The number of carbonyl (C=O) groups is 1. The Labute approximate surface area is 111 Å². The predicted octanol–water partition coefficient (Wildman–Crippen LogP) is 1.00. The molecule has 19 heavy (non-hydrogen) atoms. The quantitative estimate of drug-likeness (QED) is 0.561. The SMILES string of the molecule is Cc1cccc(CNC(=O)c2ccc(NN)nn2)c1. The van der Waals surface area contributed by atoms with Crippen LogP contribution in [0.1, 0.15) is 21.6 Å². The van der Waals surface area contributed by atoms with Crippen molar-refractivity contribution in [3.05, 3.63) is 53.2 Å². The van der Waals surface area contributed by atoms with E-state index in [2.05, 4.69) is 20.9 Å². The summed E-state index contributed by atoms with van der Waals surface area (Å²) >= 11 is 0. The summed E-state index contributed by atoms with van der Waals surface area (Å²) < 4.78 is 0. The second kappa shape index (κ2) is 5.92. The first-order valence-corrected chi connectivity index (χ1v) is 5.83. The van der Waals surface area contributed by atoms with Gasteiger partial charge in [0.25, 0.3) is 5.91 Å². The molecule has 1 amide bonds. The second-order valence-electron chi connectivity index (χ2n) is 4.12. The maximum Gasteiger partial charge on any atom is 0.272 e. The van der Waals surface area contributed by atoms with Crippen LogP contribution in [-0.4, -0.2) is 16.1 Å². The van der Waals surface area contributed by atoms with Crippen LogP contribution in [0.4, 0.5) is 5.82 Å². The molecule has 1 aromatic heterocycles. The fraction of sp³-hybridized carbons (Fsp3) is 0.154. The first kappa shape index (κ1) is 13.0. The molecule has 0 saturated heterocycles. The van der Waals surface area contributed by atoms with Crippen LogP contribution in [0, 0.1) is 6.92 Å². The van der Waals surface area contributed by atoms with Crippen LogP contribution in [0.5, 0.6) is 0 Å². The lowest BCUT2D eigenvalue weighted by Gasteiger charge is -2.05. The highest BCUT2D eigenvalue weighted by atomic mass is 16.1. The maximum atomic E-state index is 11.8. The third-order valence-electron chi connectivity index (χ3n) is 2.58. The Balaban J connectivity index is 1.97. The van der Waals surface area contributed by atoms with E-state index in [1.54, 1.807) is 12.1 Å². The molecule has 4 N–H and O–H groups in total. The van der Waals surface area contributed by atoms with Crippen molar-refractivity contribution >= 4 is 11.7 Å². The molecular weight excluding hydrogens is 242 g/mol. The monoisotopic (exact) mass is 257 g/mol. The van der Waals surface area contributed by atoms with E-state index in [9.17, 15) is 4.79 Å². The zero-order valence-corrected chi connectivity index (χ0v) is 10.6. The first-order chi connectivity index (χ1) is 9.19. The molecule has 0 atom stereocenters. The van der Waals surface area contributed by atoms with Gasteiger partial charge < -0.3 is 10.7 Å². The van der Waals surface area contributed by atoms with Gasteiger partial charge in [-0.3, -0.25) is 4.79 Å². The van der Waals surface area contributed by atoms with Crippen molar-refractivity contribution in [2.24, 2.45) is 5.84 Å². The second-order valence-corrected chi connectivity index (χ2v) is 4.12. The van der Waals surface area contributed by atoms with E-state index in [1.165, 1.54) is 0 Å². The normalized spacial score (nSPS) is 10.0. The van der Waals surface area contributed by atoms with E-state index in [1.807, 2.05) is 31.2 Å². The summed E-state index contributed by atoms with van der Waals surface area (Å²) in [6, 6.07) is 11.1. The van der Waals surface area contributed by atoms with Crippen molar-refractivity contribution in [3.8, 4) is 0 Å². The molecule has 0 fully saturated rings. The maximum absolute atomic E-state index is 11.8. The van der Waals surface area contributed by atoms with E-state index in [0.29, 0.717) is 12.4 Å². The van der Waals surface area contributed by atoms with Crippen LogP contribution < -0.4 is 16.6 Å². The van der Waals surface area contributed by atoms with Gasteiger partial charge in [-0.15, -0.1) is 10.2 Å². The molecule has 0 radical (unpaired) electrons. The van der Waals surface area contributed by atoms with Crippen molar-refractivity contribution in [1.29, 1.82) is 0 Å². The van der Waals surface area contributed by atoms with E-state index in [4.69, 9.17) is 5.84 Å². The molecule has 0 saturated carbocycles. The molecule has 0 aliphatic carbocycles. The van der Waals surface area contributed by atoms with Gasteiger partial charge in [0.05, 0.1) is 0 Å². The molecule has 2 rings (SSSR count). The van der Waals surface area contributed by atoms with E-state index in [-0.39, 0.29) is 11.6 Å². The average molecular weight is 257 g/mol. The van der Waals surface area contributed by atoms with Crippen LogP contribution in [0.3, 0.4) is 0 Å². The van der Waals surface area contributed by atoms with Gasteiger partial charge in [-0.25, -0.2) is 5.84 Å². The lowest BCUT2D eigenvalue weighted by atomic mass is 10.1. The number of rotatable bonds is 4. The minimum Gasteiger partial charge on any atom is -0.347 e. The van der Waals surface area contributed by atoms with Crippen molar-refractivity contribution < 1.29 is 4.79 Å². The summed E-state index contributed by atoms with van der Waals surface area (Å²) in [5.41, 5.74) is 4.81. The number of nitrogen functional groups attached to an aromatic ring is 1. The highest BCUT2D eigenvalue weighted by molar-refractivity contribution is 5.92. The van der Waals surface area contributed by atoms with Gasteiger partial charge >= 0.3 is 0 Å². The summed E-state index contributed by atoms with van der Waals surface area (Å²) in [6.07, 6.45) is 0. The predicted molar refractivity (Wildman–Crippen MR) is 72.2 cm³/mol. The van der Waals surface area contributed by atoms with Gasteiger partial charge in [0, 0.05) is 6.54 Å². The van der Waals surface area contributed by atoms with Gasteiger partial charge in [0.2, 0.25) is 0 Å². The number of anilines is 1. The molecule has 6 heteroatoms. The molecule has 98 valence electrons. The van der Waals surface area contributed by atoms with E-state index in [0.717, 1.165) is 11.1 Å². The molecule has 6 nitrogen and oxygen atoms in total. The van der Waals surface area contributed by atoms with Crippen LogP contribution in [0.15, 0.2) is 36.4 Å². The molecular formula is C13H15N5O. The fourth-order valence-corrected chi connectivity index (χ4v) is 1.63. The lowest BCUT2D eigenvalue weighted by Crippen LogP contribution is -2.24. The number of aryl methyl sites for hydroxylation is 1. The standard InChI is InChI=1S/C13H15N5O/c1-9-3-2-4-10(7-9)8-15-13(19)11-5-6-12(16-14)18-17-11/h2-7H,8,14H2,1H3,(H,15,19)(H,16,18).